The van der Waals surface area contributed by atoms with Crippen LogP contribution in [0, 0.1) is 20.8 Å². The van der Waals surface area contributed by atoms with Crippen molar-refractivity contribution in [2.24, 2.45) is 0 Å². The van der Waals surface area contributed by atoms with Gasteiger partial charge in [-0.2, -0.15) is 0 Å². The number of rotatable bonds is 6. The lowest BCUT2D eigenvalue weighted by Gasteiger charge is -2.13. The molecule has 0 fully saturated rings. The van der Waals surface area contributed by atoms with Crippen molar-refractivity contribution in [3.05, 3.63) is 87.6 Å². The summed E-state index contributed by atoms with van der Waals surface area (Å²) in [7, 11) is 1.35. The molecule has 1 N–H and O–H groups in total. The van der Waals surface area contributed by atoms with Gasteiger partial charge < -0.3 is 9.84 Å². The van der Waals surface area contributed by atoms with E-state index in [4.69, 9.17) is 4.74 Å². The van der Waals surface area contributed by atoms with Gasteiger partial charge in [0.05, 0.1) is 25.0 Å². The summed E-state index contributed by atoms with van der Waals surface area (Å²) in [6, 6.07) is 14.7. The van der Waals surface area contributed by atoms with Crippen LogP contribution in [0.5, 0.6) is 0 Å². The Labute approximate surface area is 176 Å². The summed E-state index contributed by atoms with van der Waals surface area (Å²) in [5.74, 6) is -0.463. The maximum absolute atomic E-state index is 13.1. The monoisotopic (exact) mass is 403 g/mol. The largest absolute Gasteiger partial charge is 0.465 e. The van der Waals surface area contributed by atoms with Crippen LogP contribution in [0.4, 0.5) is 0 Å². The maximum atomic E-state index is 13.1. The summed E-state index contributed by atoms with van der Waals surface area (Å²) in [6.45, 7) is 5.64. The number of nitrogens with zero attached hydrogens (tertiary/aromatic N) is 1. The minimum atomic E-state index is -0.392. The summed E-state index contributed by atoms with van der Waals surface area (Å²) in [5, 5.41) is 9.21. The van der Waals surface area contributed by atoms with Crippen molar-refractivity contribution in [2.45, 2.75) is 33.8 Å². The summed E-state index contributed by atoms with van der Waals surface area (Å²) in [4.78, 5) is 29.6. The third-order valence-corrected chi connectivity index (χ3v) is 5.25. The minimum absolute atomic E-state index is 0.0151. The molecule has 0 unspecified atom stereocenters. The molecule has 0 amide bonds. The number of Topliss-reactive ketones (excluding diaryl/α,β-unsaturated/α-hetero) is 1. The fourth-order valence-corrected chi connectivity index (χ4v) is 3.50. The number of carbonyl (C=O) groups is 2. The number of aromatic nitrogens is 1. The van der Waals surface area contributed by atoms with Crippen LogP contribution in [0.15, 0.2) is 48.5 Å². The standard InChI is InChI=1S/C25H25NO4/c1-15-5-10-22(19-8-6-18(14-27)7-9-19)26-24(15)23(28)13-21-16(2)11-20(12-17(21)3)25(29)30-4/h5-12,27H,13-14H2,1-4H3. The van der Waals surface area contributed by atoms with E-state index in [-0.39, 0.29) is 18.8 Å². The Kier molecular flexibility index (Phi) is 6.43. The lowest BCUT2D eigenvalue weighted by Crippen LogP contribution is -2.12. The number of ether oxygens (including phenoxy) is 1. The van der Waals surface area contributed by atoms with Crippen LogP contribution < -0.4 is 0 Å². The second-order valence-corrected chi connectivity index (χ2v) is 7.40. The molecule has 2 aromatic carbocycles. The second kappa shape index (κ2) is 9.01. The van der Waals surface area contributed by atoms with Crippen molar-refractivity contribution in [3.63, 3.8) is 0 Å². The number of hydrogen-bond donors (Lipinski definition) is 1. The first-order valence-electron chi connectivity index (χ1n) is 9.73. The highest BCUT2D eigenvalue weighted by Gasteiger charge is 2.18. The number of aliphatic hydroxyl groups is 1. The Morgan fingerprint density at radius 1 is 0.933 bits per heavy atom. The van der Waals surface area contributed by atoms with Gasteiger partial charge in [-0.25, -0.2) is 9.78 Å². The van der Waals surface area contributed by atoms with Gasteiger partial charge in [-0.1, -0.05) is 30.3 Å². The number of esters is 1. The Hall–Kier alpha value is -3.31. The number of ketones is 1. The summed E-state index contributed by atoms with van der Waals surface area (Å²) >= 11 is 0. The van der Waals surface area contributed by atoms with Gasteiger partial charge in [0.2, 0.25) is 0 Å². The molecule has 0 saturated heterocycles. The number of carbonyl (C=O) groups excluding carboxylic acids is 2. The van der Waals surface area contributed by atoms with E-state index in [1.165, 1.54) is 7.11 Å². The molecule has 0 spiro atoms. The van der Waals surface area contributed by atoms with Crippen LogP contribution in [-0.2, 0) is 17.8 Å². The van der Waals surface area contributed by atoms with E-state index < -0.39 is 5.97 Å². The molecule has 3 aromatic rings. The van der Waals surface area contributed by atoms with E-state index >= 15 is 0 Å². The third kappa shape index (κ3) is 4.47. The Morgan fingerprint density at radius 2 is 1.57 bits per heavy atom. The fraction of sp³-hybridized carbons (Fsp3) is 0.240. The number of benzene rings is 2. The van der Waals surface area contributed by atoms with Gasteiger partial charge in [0, 0.05) is 12.0 Å². The van der Waals surface area contributed by atoms with Crippen LogP contribution in [0.3, 0.4) is 0 Å². The lowest BCUT2D eigenvalue weighted by atomic mass is 9.93. The summed E-state index contributed by atoms with van der Waals surface area (Å²) < 4.78 is 4.79. The zero-order valence-electron chi connectivity index (χ0n) is 17.7. The van der Waals surface area contributed by atoms with E-state index in [0.717, 1.165) is 33.4 Å². The van der Waals surface area contributed by atoms with E-state index in [1.54, 1.807) is 12.1 Å². The van der Waals surface area contributed by atoms with Crippen LogP contribution in [0.2, 0.25) is 0 Å². The van der Waals surface area contributed by atoms with Gasteiger partial charge in [-0.3, -0.25) is 4.79 Å². The number of aliphatic hydroxyl groups excluding tert-OH is 1. The average Bonchev–Trinajstić information content (AvgIpc) is 2.75. The van der Waals surface area contributed by atoms with E-state index in [2.05, 4.69) is 4.98 Å². The predicted octanol–water partition coefficient (Wildman–Crippen LogP) is 4.38. The highest BCUT2D eigenvalue weighted by Crippen LogP contribution is 2.23. The number of aryl methyl sites for hydroxylation is 3. The topological polar surface area (TPSA) is 76.5 Å². The molecule has 0 saturated carbocycles. The molecule has 0 bridgehead atoms. The molecule has 0 atom stereocenters. The van der Waals surface area contributed by atoms with Gasteiger partial charge in [0.25, 0.3) is 0 Å². The average molecular weight is 403 g/mol. The summed E-state index contributed by atoms with van der Waals surface area (Å²) in [5.41, 5.74) is 6.79. The predicted molar refractivity (Wildman–Crippen MR) is 116 cm³/mol. The Morgan fingerprint density at radius 3 is 2.13 bits per heavy atom. The minimum Gasteiger partial charge on any atom is -0.465 e. The van der Waals surface area contributed by atoms with Gasteiger partial charge in [0.15, 0.2) is 5.78 Å². The molecule has 5 nitrogen and oxygen atoms in total. The van der Waals surface area contributed by atoms with Crippen molar-refractivity contribution in [2.75, 3.05) is 7.11 Å². The molecule has 3 rings (SSSR count). The molecular formula is C25H25NO4. The zero-order valence-corrected chi connectivity index (χ0v) is 17.7. The Bertz CT molecular complexity index is 1080. The molecule has 0 aliphatic heterocycles. The molecular weight excluding hydrogens is 378 g/mol. The van der Waals surface area contributed by atoms with Crippen molar-refractivity contribution in [3.8, 4) is 11.3 Å². The molecule has 0 radical (unpaired) electrons. The lowest BCUT2D eigenvalue weighted by molar-refractivity contribution is 0.0600. The first-order chi connectivity index (χ1) is 14.3. The highest BCUT2D eigenvalue weighted by molar-refractivity contribution is 5.98. The van der Waals surface area contributed by atoms with Gasteiger partial charge in [-0.05, 0) is 66.8 Å². The maximum Gasteiger partial charge on any atom is 0.337 e. The van der Waals surface area contributed by atoms with Crippen LogP contribution in [0.1, 0.15) is 48.7 Å². The number of hydrogen-bond acceptors (Lipinski definition) is 5. The molecule has 1 heterocycles. The van der Waals surface area contributed by atoms with Crippen LogP contribution >= 0.6 is 0 Å². The van der Waals surface area contributed by atoms with Gasteiger partial charge in [0.1, 0.15) is 5.69 Å². The summed E-state index contributed by atoms with van der Waals surface area (Å²) in [6.07, 6.45) is 0.208. The van der Waals surface area contributed by atoms with E-state index in [1.807, 2.05) is 57.2 Å². The highest BCUT2D eigenvalue weighted by atomic mass is 16.5. The van der Waals surface area contributed by atoms with E-state index in [9.17, 15) is 14.7 Å². The van der Waals surface area contributed by atoms with Crippen molar-refractivity contribution < 1.29 is 19.4 Å². The third-order valence-electron chi connectivity index (χ3n) is 5.25. The quantitative estimate of drug-likeness (QED) is 0.488. The van der Waals surface area contributed by atoms with Crippen molar-refractivity contribution in [1.29, 1.82) is 0 Å². The smallest absolute Gasteiger partial charge is 0.337 e. The van der Waals surface area contributed by atoms with Crippen molar-refractivity contribution in [1.82, 2.24) is 4.98 Å². The first kappa shape index (κ1) is 21.4. The molecule has 0 aliphatic carbocycles. The molecule has 0 aliphatic rings. The van der Waals surface area contributed by atoms with Gasteiger partial charge >= 0.3 is 5.97 Å². The Balaban J connectivity index is 1.91. The SMILES string of the molecule is COC(=O)c1cc(C)c(CC(=O)c2nc(-c3ccc(CO)cc3)ccc2C)c(C)c1. The zero-order chi connectivity index (χ0) is 21.8. The molecule has 154 valence electrons. The normalized spacial score (nSPS) is 10.7. The number of methoxy groups -OCH3 is 1. The molecule has 1 aromatic heterocycles. The van der Waals surface area contributed by atoms with Crippen LogP contribution in [0.25, 0.3) is 11.3 Å². The fourth-order valence-electron chi connectivity index (χ4n) is 3.50. The number of pyridine rings is 1. The second-order valence-electron chi connectivity index (χ2n) is 7.40. The molecule has 30 heavy (non-hydrogen) atoms. The first-order valence-corrected chi connectivity index (χ1v) is 9.73. The van der Waals surface area contributed by atoms with Crippen molar-refractivity contribution >= 4 is 11.8 Å². The van der Waals surface area contributed by atoms with E-state index in [0.29, 0.717) is 17.0 Å². The molecule has 5 heteroatoms. The van der Waals surface area contributed by atoms with Gasteiger partial charge in [-0.15, -0.1) is 0 Å². The van der Waals surface area contributed by atoms with Crippen LogP contribution in [-0.4, -0.2) is 29.0 Å².